The molecule has 0 saturated carbocycles. The van der Waals surface area contributed by atoms with Crippen molar-refractivity contribution in [1.82, 2.24) is 0 Å². The van der Waals surface area contributed by atoms with Gasteiger partial charge in [0.15, 0.2) is 0 Å². The molecule has 0 bridgehead atoms. The van der Waals surface area contributed by atoms with E-state index in [9.17, 15) is 0 Å². The van der Waals surface area contributed by atoms with E-state index in [1.54, 1.807) is 0 Å². The van der Waals surface area contributed by atoms with Gasteiger partial charge in [-0.05, 0) is 146 Å². The largest absolute Gasteiger partial charge is 0.0619 e. The summed E-state index contributed by atoms with van der Waals surface area (Å²) in [5, 5.41) is 7.84. The van der Waals surface area contributed by atoms with Gasteiger partial charge in [0.1, 0.15) is 0 Å². The minimum atomic E-state index is 0.00499. The van der Waals surface area contributed by atoms with Crippen molar-refractivity contribution in [3.8, 4) is 66.8 Å². The van der Waals surface area contributed by atoms with Gasteiger partial charge in [0, 0.05) is 11.3 Å². The van der Waals surface area contributed by atoms with Gasteiger partial charge in [-0.25, -0.2) is 0 Å². The zero-order valence-corrected chi connectivity index (χ0v) is 32.4. The van der Waals surface area contributed by atoms with E-state index in [2.05, 4.69) is 203 Å². The van der Waals surface area contributed by atoms with E-state index in [-0.39, 0.29) is 5.41 Å². The van der Waals surface area contributed by atoms with E-state index >= 15 is 0 Å². The van der Waals surface area contributed by atoms with E-state index < -0.39 is 0 Å². The maximum atomic E-state index is 2.41. The summed E-state index contributed by atoms with van der Waals surface area (Å²) in [7, 11) is 0. The lowest BCUT2D eigenvalue weighted by atomic mass is 9.82. The highest BCUT2D eigenvalue weighted by Gasteiger charge is 2.35. The van der Waals surface area contributed by atoms with Gasteiger partial charge >= 0.3 is 0 Å². The monoisotopic (exact) mass is 724 g/mol. The van der Waals surface area contributed by atoms with Crippen LogP contribution in [0.2, 0.25) is 0 Å². The van der Waals surface area contributed by atoms with E-state index in [1.807, 2.05) is 0 Å². The van der Waals surface area contributed by atoms with Crippen molar-refractivity contribution in [3.05, 3.63) is 204 Å². The third-order valence-electron chi connectivity index (χ3n) is 13.5. The van der Waals surface area contributed by atoms with Crippen LogP contribution < -0.4 is 0 Å². The van der Waals surface area contributed by atoms with E-state index in [0.717, 1.165) is 0 Å². The fourth-order valence-corrected chi connectivity index (χ4v) is 10.6. The molecule has 10 aromatic rings. The molecule has 0 amide bonds. The lowest BCUT2D eigenvalue weighted by Crippen LogP contribution is -2.14. The van der Waals surface area contributed by atoms with Crippen LogP contribution in [0.25, 0.3) is 99.1 Å². The van der Waals surface area contributed by atoms with Gasteiger partial charge in [-0.2, -0.15) is 0 Å². The summed E-state index contributed by atoms with van der Waals surface area (Å²) in [6.07, 6.45) is 0. The second-order valence-electron chi connectivity index (χ2n) is 16.9. The first-order valence-electron chi connectivity index (χ1n) is 20.3. The fourth-order valence-electron chi connectivity index (χ4n) is 10.6. The molecule has 0 heteroatoms. The fraction of sp³-hybridized carbons (Fsp3) is 0.0877. The SMILES string of the molecule is CC1c2ccccc2-c2cc(-c3cccc(-c4ccc5ccc6c(-c7cccc(-c8ccc9c(c8)-c8ccccc8C9(C)C)c7)ccc7ccc4c5c76)c3)ccc21. The van der Waals surface area contributed by atoms with Crippen molar-refractivity contribution < 1.29 is 0 Å². The van der Waals surface area contributed by atoms with Gasteiger partial charge in [-0.3, -0.25) is 0 Å². The minimum Gasteiger partial charge on any atom is -0.0619 e. The Balaban J connectivity index is 0.958. The summed E-state index contributed by atoms with van der Waals surface area (Å²) in [6.45, 7) is 7.02. The molecule has 2 aliphatic rings. The summed E-state index contributed by atoms with van der Waals surface area (Å²) in [6, 6.07) is 68.8. The molecule has 0 aromatic heterocycles. The molecule has 1 unspecified atom stereocenters. The lowest BCUT2D eigenvalue weighted by molar-refractivity contribution is 0.660. The number of benzene rings is 10. The molecule has 268 valence electrons. The summed E-state index contributed by atoms with van der Waals surface area (Å²) >= 11 is 0. The van der Waals surface area contributed by atoms with Crippen LogP contribution in [0.15, 0.2) is 182 Å². The average molecular weight is 725 g/mol. The van der Waals surface area contributed by atoms with Crippen LogP contribution in [0.1, 0.15) is 48.9 Å². The van der Waals surface area contributed by atoms with Gasteiger partial charge in [0.25, 0.3) is 0 Å². The zero-order chi connectivity index (χ0) is 38.0. The van der Waals surface area contributed by atoms with Gasteiger partial charge in [-0.1, -0.05) is 178 Å². The van der Waals surface area contributed by atoms with Gasteiger partial charge in [0.05, 0.1) is 0 Å². The van der Waals surface area contributed by atoms with Gasteiger partial charge < -0.3 is 0 Å². The maximum Gasteiger partial charge on any atom is 0.0158 e. The Bertz CT molecular complexity index is 3280. The molecule has 1 atom stereocenters. The number of rotatable bonds is 4. The second-order valence-corrected chi connectivity index (χ2v) is 16.9. The molecule has 0 spiro atoms. The number of hydrogen-bond acceptors (Lipinski definition) is 0. The molecular weight excluding hydrogens is 685 g/mol. The molecule has 0 aliphatic heterocycles. The van der Waals surface area contributed by atoms with Crippen molar-refractivity contribution in [1.29, 1.82) is 0 Å². The highest BCUT2D eigenvalue weighted by Crippen LogP contribution is 2.50. The van der Waals surface area contributed by atoms with Crippen molar-refractivity contribution >= 4 is 32.3 Å². The third kappa shape index (κ3) is 4.68. The van der Waals surface area contributed by atoms with E-state index in [1.165, 1.54) is 121 Å². The predicted molar refractivity (Wildman–Crippen MR) is 242 cm³/mol. The Morgan fingerprint density at radius 3 is 1.49 bits per heavy atom. The Labute approximate surface area is 334 Å². The Kier molecular flexibility index (Phi) is 6.77. The van der Waals surface area contributed by atoms with Crippen molar-refractivity contribution in [2.45, 2.75) is 32.1 Å². The average Bonchev–Trinajstić information content (AvgIpc) is 3.68. The Morgan fingerprint density at radius 1 is 0.333 bits per heavy atom. The molecule has 0 fully saturated rings. The summed E-state index contributed by atoms with van der Waals surface area (Å²) < 4.78 is 0. The zero-order valence-electron chi connectivity index (χ0n) is 32.4. The predicted octanol–water partition coefficient (Wildman–Crippen LogP) is 15.7. The molecule has 12 rings (SSSR count). The van der Waals surface area contributed by atoms with Crippen LogP contribution in [0, 0.1) is 0 Å². The molecule has 0 radical (unpaired) electrons. The van der Waals surface area contributed by atoms with Crippen LogP contribution >= 0.6 is 0 Å². The molecule has 0 saturated heterocycles. The first kappa shape index (κ1) is 32.5. The maximum absolute atomic E-state index is 2.41. The summed E-state index contributed by atoms with van der Waals surface area (Å²) in [5.41, 5.74) is 21.2. The molecule has 10 aromatic carbocycles. The molecule has 57 heavy (non-hydrogen) atoms. The normalized spacial score (nSPS) is 14.9. The van der Waals surface area contributed by atoms with Crippen LogP contribution in [0.4, 0.5) is 0 Å². The van der Waals surface area contributed by atoms with Crippen molar-refractivity contribution in [2.24, 2.45) is 0 Å². The Morgan fingerprint density at radius 2 is 0.825 bits per heavy atom. The summed E-state index contributed by atoms with van der Waals surface area (Å²) in [4.78, 5) is 0. The highest BCUT2D eigenvalue weighted by atomic mass is 14.4. The number of hydrogen-bond donors (Lipinski definition) is 0. The van der Waals surface area contributed by atoms with Crippen LogP contribution in [-0.2, 0) is 5.41 Å². The first-order valence-corrected chi connectivity index (χ1v) is 20.3. The molecule has 2 aliphatic carbocycles. The van der Waals surface area contributed by atoms with Crippen LogP contribution in [0.5, 0.6) is 0 Å². The Hall–Kier alpha value is -6.76. The smallest absolute Gasteiger partial charge is 0.0158 e. The molecule has 0 heterocycles. The van der Waals surface area contributed by atoms with Crippen molar-refractivity contribution in [2.75, 3.05) is 0 Å². The topological polar surface area (TPSA) is 0 Å². The second kappa shape index (κ2) is 11.9. The number of fused-ring (bicyclic) bond motifs is 6. The third-order valence-corrected chi connectivity index (χ3v) is 13.5. The van der Waals surface area contributed by atoms with E-state index in [4.69, 9.17) is 0 Å². The minimum absolute atomic E-state index is 0.00499. The van der Waals surface area contributed by atoms with Crippen LogP contribution in [0.3, 0.4) is 0 Å². The van der Waals surface area contributed by atoms with Crippen molar-refractivity contribution in [3.63, 3.8) is 0 Å². The lowest BCUT2D eigenvalue weighted by Gasteiger charge is -2.21. The first-order chi connectivity index (χ1) is 27.9. The van der Waals surface area contributed by atoms with Gasteiger partial charge in [-0.15, -0.1) is 0 Å². The standard InChI is InChI=1S/C57H40/c1-34-43-14-4-5-15-47(43)51-32-39(22-24-44(34)51)37-10-8-12-41(30-37)45-25-18-35-21-28-50-46(26-19-36-20-27-49(45)55(35)56(36)50)42-13-9-11-38(31-42)40-23-29-54-52(33-40)48-16-6-7-17-53(48)57(54,2)3/h4-34H,1-3H3. The summed E-state index contributed by atoms with van der Waals surface area (Å²) in [5.74, 6) is 0.425. The van der Waals surface area contributed by atoms with Crippen LogP contribution in [-0.4, -0.2) is 0 Å². The van der Waals surface area contributed by atoms with Gasteiger partial charge in [0.2, 0.25) is 0 Å². The highest BCUT2D eigenvalue weighted by molar-refractivity contribution is 6.27. The quantitative estimate of drug-likeness (QED) is 0.159. The molecule has 0 N–H and O–H groups in total. The molecular formula is C57H40. The molecule has 0 nitrogen and oxygen atoms in total. The van der Waals surface area contributed by atoms with E-state index in [0.29, 0.717) is 5.92 Å².